The summed E-state index contributed by atoms with van der Waals surface area (Å²) in [4.78, 5) is 19.9. The highest BCUT2D eigenvalue weighted by atomic mass is 16.5. The number of rotatable bonds is 12. The van der Waals surface area contributed by atoms with Gasteiger partial charge in [-0.2, -0.15) is 0 Å². The maximum absolute atomic E-state index is 13.4. The van der Waals surface area contributed by atoms with E-state index in [1.165, 1.54) is 0 Å². The van der Waals surface area contributed by atoms with Crippen LogP contribution in [-0.4, -0.2) is 66.7 Å². The van der Waals surface area contributed by atoms with Crippen molar-refractivity contribution in [2.75, 3.05) is 40.1 Å². The van der Waals surface area contributed by atoms with Crippen LogP contribution in [0.2, 0.25) is 0 Å². The van der Waals surface area contributed by atoms with Gasteiger partial charge in [0.25, 0.3) is 0 Å². The number of carbonyl (C=O) groups is 1. The number of aromatic hydroxyl groups is 1. The first-order chi connectivity index (χ1) is 17.2. The van der Waals surface area contributed by atoms with Crippen molar-refractivity contribution >= 4 is 11.6 Å². The smallest absolute Gasteiger partial charge is 0.182 e. The zero-order chi connectivity index (χ0) is 25.9. The van der Waals surface area contributed by atoms with E-state index in [1.54, 1.807) is 24.1 Å². The average Bonchev–Trinajstić information content (AvgIpc) is 3.64. The summed E-state index contributed by atoms with van der Waals surface area (Å²) in [5, 5.41) is 19.5. The molecule has 2 heterocycles. The molecule has 1 aromatic heterocycles. The number of amidine groups is 1. The fourth-order valence-corrected chi connectivity index (χ4v) is 4.31. The molecule has 0 unspecified atom stereocenters. The first-order valence-corrected chi connectivity index (χ1v) is 12.6. The molecule has 0 atom stereocenters. The van der Waals surface area contributed by atoms with Crippen LogP contribution >= 0.6 is 0 Å². The van der Waals surface area contributed by atoms with Gasteiger partial charge in [0.2, 0.25) is 0 Å². The molecule has 4 rings (SSSR count). The fraction of sp³-hybridized carbons (Fsp3) is 0.536. The Morgan fingerprint density at radius 3 is 2.64 bits per heavy atom. The molecule has 2 N–H and O–H groups in total. The molecular formula is C28H37N3O5. The highest BCUT2D eigenvalue weighted by Gasteiger charge is 2.32. The van der Waals surface area contributed by atoms with Crippen LogP contribution in [0.4, 0.5) is 0 Å². The summed E-state index contributed by atoms with van der Waals surface area (Å²) in [6.07, 6.45) is 2.96. The van der Waals surface area contributed by atoms with Crippen molar-refractivity contribution in [1.82, 2.24) is 9.88 Å². The van der Waals surface area contributed by atoms with Gasteiger partial charge in [-0.15, -0.1) is 0 Å². The van der Waals surface area contributed by atoms with Crippen LogP contribution in [0.25, 0.3) is 0 Å². The second kappa shape index (κ2) is 11.0. The summed E-state index contributed by atoms with van der Waals surface area (Å²) < 4.78 is 16.3. The lowest BCUT2D eigenvalue weighted by molar-refractivity contribution is 0.0642. The van der Waals surface area contributed by atoms with Gasteiger partial charge < -0.3 is 24.2 Å². The van der Waals surface area contributed by atoms with Crippen LogP contribution in [0.1, 0.15) is 78.8 Å². The third kappa shape index (κ3) is 6.05. The Bertz CT molecular complexity index is 1120. The van der Waals surface area contributed by atoms with E-state index in [4.69, 9.17) is 24.6 Å². The normalized spacial score (nSPS) is 15.3. The predicted molar refractivity (Wildman–Crippen MR) is 137 cm³/mol. The van der Waals surface area contributed by atoms with Gasteiger partial charge in [-0.05, 0) is 36.5 Å². The average molecular weight is 496 g/mol. The van der Waals surface area contributed by atoms with Crippen LogP contribution in [0.5, 0.6) is 11.5 Å². The van der Waals surface area contributed by atoms with Crippen molar-refractivity contribution in [1.29, 1.82) is 5.41 Å². The second-order valence-electron chi connectivity index (χ2n) is 10.6. The quantitative estimate of drug-likeness (QED) is 0.332. The molecule has 1 aliphatic heterocycles. The third-order valence-electron chi connectivity index (χ3n) is 6.56. The van der Waals surface area contributed by atoms with E-state index >= 15 is 0 Å². The van der Waals surface area contributed by atoms with Crippen molar-refractivity contribution in [3.8, 4) is 11.5 Å². The van der Waals surface area contributed by atoms with Crippen molar-refractivity contribution in [2.45, 2.75) is 57.9 Å². The van der Waals surface area contributed by atoms with Gasteiger partial charge >= 0.3 is 0 Å². The number of fused-ring (bicyclic) bond motifs is 1. The van der Waals surface area contributed by atoms with Gasteiger partial charge in [0.05, 0.1) is 26.4 Å². The van der Waals surface area contributed by atoms with Gasteiger partial charge in [0, 0.05) is 55.0 Å². The van der Waals surface area contributed by atoms with Crippen LogP contribution in [-0.2, 0) is 21.4 Å². The first-order valence-electron chi connectivity index (χ1n) is 12.6. The summed E-state index contributed by atoms with van der Waals surface area (Å²) >= 11 is 0. The van der Waals surface area contributed by atoms with E-state index in [1.807, 2.05) is 26.8 Å². The van der Waals surface area contributed by atoms with E-state index in [9.17, 15) is 9.90 Å². The molecule has 1 aromatic carbocycles. The molecular weight excluding hydrogens is 458 g/mol. The Hall–Kier alpha value is -2.97. The molecule has 0 spiro atoms. The number of pyridine rings is 1. The van der Waals surface area contributed by atoms with Gasteiger partial charge in [-0.25, -0.2) is 4.98 Å². The number of hydrogen-bond donors (Lipinski definition) is 2. The van der Waals surface area contributed by atoms with Gasteiger partial charge in [-0.1, -0.05) is 26.8 Å². The van der Waals surface area contributed by atoms with Crippen LogP contribution in [0, 0.1) is 5.41 Å². The number of benzene rings is 1. The van der Waals surface area contributed by atoms with Crippen molar-refractivity contribution < 1.29 is 24.1 Å². The SMILES string of the molecule is COCCOCCCOc1cc(C(=O)CN2Cc3ccc(C4CC4)nc3C2=N)cc(C(C)(C)C)c1O. The number of methoxy groups -OCH3 is 1. The molecule has 8 heteroatoms. The number of ketones is 1. The first kappa shape index (κ1) is 26.1. The monoisotopic (exact) mass is 495 g/mol. The zero-order valence-electron chi connectivity index (χ0n) is 21.7. The van der Waals surface area contributed by atoms with Gasteiger partial charge in [0.15, 0.2) is 17.3 Å². The number of carbonyl (C=O) groups excluding carboxylic acids is 1. The summed E-state index contributed by atoms with van der Waals surface area (Å²) in [6, 6.07) is 7.44. The Kier molecular flexibility index (Phi) is 7.95. The summed E-state index contributed by atoms with van der Waals surface area (Å²) in [6.45, 7) is 8.44. The third-order valence-corrected chi connectivity index (χ3v) is 6.56. The minimum Gasteiger partial charge on any atom is -0.504 e. The second-order valence-corrected chi connectivity index (χ2v) is 10.6. The van der Waals surface area contributed by atoms with Crippen molar-refractivity contribution in [3.63, 3.8) is 0 Å². The number of phenols is 1. The maximum atomic E-state index is 13.4. The topological polar surface area (TPSA) is 105 Å². The predicted octanol–water partition coefficient (Wildman–Crippen LogP) is 4.42. The minimum atomic E-state index is -0.387. The van der Waals surface area contributed by atoms with Gasteiger partial charge in [-0.3, -0.25) is 10.2 Å². The highest BCUT2D eigenvalue weighted by molar-refractivity contribution is 6.04. The van der Waals surface area contributed by atoms with E-state index in [2.05, 4.69) is 6.07 Å². The molecule has 1 aliphatic carbocycles. The summed E-state index contributed by atoms with van der Waals surface area (Å²) in [5.74, 6) is 1.02. The molecule has 8 nitrogen and oxygen atoms in total. The van der Waals surface area contributed by atoms with Crippen LogP contribution in [0.15, 0.2) is 24.3 Å². The van der Waals surface area contributed by atoms with Crippen molar-refractivity contribution in [2.24, 2.45) is 0 Å². The highest BCUT2D eigenvalue weighted by Crippen LogP contribution is 2.40. The van der Waals surface area contributed by atoms with E-state index in [-0.39, 0.29) is 29.2 Å². The Balaban J connectivity index is 1.45. The lowest BCUT2D eigenvalue weighted by Crippen LogP contribution is -2.30. The van der Waals surface area contributed by atoms with Crippen molar-refractivity contribution in [3.05, 3.63) is 52.3 Å². The summed E-state index contributed by atoms with van der Waals surface area (Å²) in [5.41, 5.74) is 3.43. The zero-order valence-corrected chi connectivity index (χ0v) is 21.7. The fourth-order valence-electron chi connectivity index (χ4n) is 4.31. The minimum absolute atomic E-state index is 0.0532. The molecule has 1 saturated carbocycles. The lowest BCUT2D eigenvalue weighted by atomic mass is 9.84. The Morgan fingerprint density at radius 1 is 1.17 bits per heavy atom. The van der Waals surface area contributed by atoms with Gasteiger partial charge in [0.1, 0.15) is 11.5 Å². The largest absolute Gasteiger partial charge is 0.504 e. The molecule has 2 aromatic rings. The molecule has 0 radical (unpaired) electrons. The lowest BCUT2D eigenvalue weighted by Gasteiger charge is -2.24. The number of aromatic nitrogens is 1. The molecule has 0 amide bonds. The van der Waals surface area contributed by atoms with E-state index < -0.39 is 0 Å². The molecule has 0 saturated heterocycles. The molecule has 36 heavy (non-hydrogen) atoms. The number of ether oxygens (including phenoxy) is 3. The van der Waals surface area contributed by atoms with Crippen LogP contribution < -0.4 is 4.74 Å². The van der Waals surface area contributed by atoms with E-state index in [0.717, 1.165) is 24.1 Å². The Morgan fingerprint density at radius 2 is 1.94 bits per heavy atom. The summed E-state index contributed by atoms with van der Waals surface area (Å²) in [7, 11) is 1.63. The number of hydrogen-bond acceptors (Lipinski definition) is 7. The Labute approximate surface area is 213 Å². The standard InChI is InChI=1S/C28H37N3O5/c1-28(2,3)21-14-20(15-24(26(21)33)36-11-5-10-35-13-12-34-4)23(32)17-31-16-19-8-9-22(18-6-7-18)30-25(19)27(31)29/h8-9,14-15,18,29,33H,5-7,10-13,16-17H2,1-4H3. The molecule has 2 aliphatic rings. The molecule has 1 fully saturated rings. The number of Topliss-reactive ketones (excluding diaryl/α,β-unsaturated/α-hetero) is 1. The molecule has 0 bridgehead atoms. The van der Waals surface area contributed by atoms with Crippen LogP contribution in [0.3, 0.4) is 0 Å². The number of phenolic OH excluding ortho intramolecular Hbond substituents is 1. The maximum Gasteiger partial charge on any atom is 0.182 e. The van der Waals surface area contributed by atoms with E-state index in [0.29, 0.717) is 68.0 Å². The number of nitrogens with one attached hydrogen (secondary N) is 1. The molecule has 194 valence electrons. The number of nitrogens with zero attached hydrogens (tertiary/aromatic N) is 2.